The summed E-state index contributed by atoms with van der Waals surface area (Å²) in [6.45, 7) is 0.372. The maximum Gasteiger partial charge on any atom is 0.179 e. The Kier molecular flexibility index (Phi) is 5.15. The Bertz CT molecular complexity index is 650. The molecule has 0 saturated carbocycles. The molecule has 3 nitrogen and oxygen atoms in total. The zero-order valence-corrected chi connectivity index (χ0v) is 13.1. The van der Waals surface area contributed by atoms with E-state index in [1.54, 1.807) is 12.1 Å². The zero-order valence-electron chi connectivity index (χ0n) is 11.5. The summed E-state index contributed by atoms with van der Waals surface area (Å²) >= 11 is 12.0. The van der Waals surface area contributed by atoms with E-state index >= 15 is 0 Å². The van der Waals surface area contributed by atoms with Crippen LogP contribution in [0.2, 0.25) is 10.0 Å². The predicted octanol–water partition coefficient (Wildman–Crippen LogP) is 4.76. The van der Waals surface area contributed by atoms with E-state index in [0.29, 0.717) is 33.8 Å². The number of hydrogen-bond acceptors (Lipinski definition) is 3. The minimum absolute atomic E-state index is 0.327. The highest BCUT2D eigenvalue weighted by molar-refractivity contribution is 6.32. The molecule has 2 rings (SSSR count). The molecular weight excluding hydrogens is 316 g/mol. The number of ether oxygens (including phenoxy) is 2. The van der Waals surface area contributed by atoms with Crippen LogP contribution in [0.5, 0.6) is 11.5 Å². The van der Waals surface area contributed by atoms with Gasteiger partial charge in [0.05, 0.1) is 24.9 Å². The highest BCUT2D eigenvalue weighted by atomic mass is 35.5. The quantitative estimate of drug-likeness (QED) is 0.857. The molecule has 0 aliphatic carbocycles. The van der Waals surface area contributed by atoms with E-state index in [1.807, 2.05) is 0 Å². The molecule has 0 bridgehead atoms. The van der Waals surface area contributed by atoms with Gasteiger partial charge < -0.3 is 14.8 Å². The van der Waals surface area contributed by atoms with Gasteiger partial charge in [-0.2, -0.15) is 0 Å². The van der Waals surface area contributed by atoms with Gasteiger partial charge in [0.2, 0.25) is 0 Å². The van der Waals surface area contributed by atoms with Crippen LogP contribution in [-0.2, 0) is 6.54 Å². The molecule has 0 aliphatic heterocycles. The summed E-state index contributed by atoms with van der Waals surface area (Å²) < 4.78 is 24.0. The summed E-state index contributed by atoms with van der Waals surface area (Å²) in [5.41, 5.74) is 1.16. The summed E-state index contributed by atoms with van der Waals surface area (Å²) in [5, 5.41) is 3.86. The normalized spacial score (nSPS) is 10.3. The first-order chi connectivity index (χ1) is 10.0. The number of nitrogens with one attached hydrogen (secondary N) is 1. The van der Waals surface area contributed by atoms with E-state index in [1.165, 1.54) is 32.4 Å². The third-order valence-electron chi connectivity index (χ3n) is 2.90. The van der Waals surface area contributed by atoms with Gasteiger partial charge in [0.25, 0.3) is 0 Å². The standard InChI is InChI=1S/C15H14Cl2FNO2/c1-20-14-6-9(5-11(17)15(14)21-2)8-19-13-7-10(16)3-4-12(13)18/h3-7,19H,8H2,1-2H3. The van der Waals surface area contributed by atoms with Crippen molar-refractivity contribution < 1.29 is 13.9 Å². The lowest BCUT2D eigenvalue weighted by molar-refractivity contribution is 0.355. The van der Waals surface area contributed by atoms with Gasteiger partial charge in [-0.05, 0) is 35.9 Å². The van der Waals surface area contributed by atoms with Crippen molar-refractivity contribution in [2.45, 2.75) is 6.54 Å². The number of rotatable bonds is 5. The van der Waals surface area contributed by atoms with Crippen LogP contribution in [0, 0.1) is 5.82 Å². The van der Waals surface area contributed by atoms with Crippen molar-refractivity contribution in [3.63, 3.8) is 0 Å². The molecule has 0 heterocycles. The number of methoxy groups -OCH3 is 2. The van der Waals surface area contributed by atoms with Gasteiger partial charge in [-0.25, -0.2) is 4.39 Å². The molecule has 1 N–H and O–H groups in total. The molecule has 0 radical (unpaired) electrons. The van der Waals surface area contributed by atoms with Crippen molar-refractivity contribution in [1.82, 2.24) is 0 Å². The van der Waals surface area contributed by atoms with Crippen LogP contribution in [0.25, 0.3) is 0 Å². The highest BCUT2D eigenvalue weighted by Gasteiger charge is 2.11. The Hall–Kier alpha value is -1.65. The molecule has 2 aromatic rings. The van der Waals surface area contributed by atoms with Gasteiger partial charge in [0.1, 0.15) is 5.82 Å². The number of benzene rings is 2. The van der Waals surface area contributed by atoms with Crippen LogP contribution in [0.1, 0.15) is 5.56 Å². The van der Waals surface area contributed by atoms with Crippen molar-refractivity contribution in [1.29, 1.82) is 0 Å². The first-order valence-corrected chi connectivity index (χ1v) is 6.90. The van der Waals surface area contributed by atoms with Gasteiger partial charge in [0, 0.05) is 11.6 Å². The molecule has 0 unspecified atom stereocenters. The van der Waals surface area contributed by atoms with E-state index in [9.17, 15) is 4.39 Å². The number of halogens is 3. The molecule has 0 aromatic heterocycles. The van der Waals surface area contributed by atoms with Gasteiger partial charge in [-0.1, -0.05) is 23.2 Å². The lowest BCUT2D eigenvalue weighted by Crippen LogP contribution is -2.02. The van der Waals surface area contributed by atoms with Crippen molar-refractivity contribution in [3.05, 3.63) is 51.8 Å². The fourth-order valence-corrected chi connectivity index (χ4v) is 2.39. The topological polar surface area (TPSA) is 30.5 Å². The first kappa shape index (κ1) is 15.7. The molecule has 0 saturated heterocycles. The highest BCUT2D eigenvalue weighted by Crippen LogP contribution is 2.36. The molecule has 6 heteroatoms. The lowest BCUT2D eigenvalue weighted by Gasteiger charge is -2.13. The zero-order chi connectivity index (χ0) is 15.4. The smallest absolute Gasteiger partial charge is 0.179 e. The maximum absolute atomic E-state index is 13.6. The van der Waals surface area contributed by atoms with Crippen molar-refractivity contribution >= 4 is 28.9 Å². The van der Waals surface area contributed by atoms with Crippen molar-refractivity contribution in [3.8, 4) is 11.5 Å². The molecule has 0 fully saturated rings. The molecule has 0 aliphatic rings. The average Bonchev–Trinajstić information content (AvgIpc) is 2.47. The second-order valence-electron chi connectivity index (χ2n) is 4.29. The second-order valence-corrected chi connectivity index (χ2v) is 5.13. The number of hydrogen-bond donors (Lipinski definition) is 1. The Morgan fingerprint density at radius 3 is 2.52 bits per heavy atom. The summed E-state index contributed by atoms with van der Waals surface area (Å²) in [4.78, 5) is 0. The van der Waals surface area contributed by atoms with E-state index in [2.05, 4.69) is 5.32 Å². The lowest BCUT2D eigenvalue weighted by atomic mass is 10.2. The summed E-state index contributed by atoms with van der Waals surface area (Å²) in [7, 11) is 3.05. The number of anilines is 1. The van der Waals surface area contributed by atoms with Crippen LogP contribution in [-0.4, -0.2) is 14.2 Å². The monoisotopic (exact) mass is 329 g/mol. The molecule has 0 atom stereocenters. The van der Waals surface area contributed by atoms with Crippen LogP contribution in [0.3, 0.4) is 0 Å². The molecule has 21 heavy (non-hydrogen) atoms. The molecule has 2 aromatic carbocycles. The average molecular weight is 330 g/mol. The molecule has 0 amide bonds. The van der Waals surface area contributed by atoms with Gasteiger partial charge in [0.15, 0.2) is 11.5 Å². The van der Waals surface area contributed by atoms with Crippen LogP contribution in [0.4, 0.5) is 10.1 Å². The van der Waals surface area contributed by atoms with Gasteiger partial charge in [-0.3, -0.25) is 0 Å². The summed E-state index contributed by atoms with van der Waals surface area (Å²) in [6, 6.07) is 7.85. The molecule has 0 spiro atoms. The third-order valence-corrected chi connectivity index (χ3v) is 3.42. The Morgan fingerprint density at radius 2 is 1.86 bits per heavy atom. The van der Waals surface area contributed by atoms with Crippen LogP contribution >= 0.6 is 23.2 Å². The van der Waals surface area contributed by atoms with E-state index in [-0.39, 0.29) is 5.82 Å². The predicted molar refractivity (Wildman–Crippen MR) is 83.3 cm³/mol. The fourth-order valence-electron chi connectivity index (χ4n) is 1.90. The van der Waals surface area contributed by atoms with E-state index < -0.39 is 0 Å². The van der Waals surface area contributed by atoms with Crippen molar-refractivity contribution in [2.24, 2.45) is 0 Å². The maximum atomic E-state index is 13.6. The largest absolute Gasteiger partial charge is 0.493 e. The van der Waals surface area contributed by atoms with Gasteiger partial charge in [-0.15, -0.1) is 0 Å². The molecule has 112 valence electrons. The SMILES string of the molecule is COc1cc(CNc2cc(Cl)ccc2F)cc(Cl)c1OC. The first-order valence-electron chi connectivity index (χ1n) is 6.14. The van der Waals surface area contributed by atoms with E-state index in [0.717, 1.165) is 5.56 Å². The summed E-state index contributed by atoms with van der Waals surface area (Å²) in [6.07, 6.45) is 0. The Labute approximate surface area is 132 Å². The summed E-state index contributed by atoms with van der Waals surface area (Å²) in [5.74, 6) is 0.621. The van der Waals surface area contributed by atoms with Crippen LogP contribution in [0.15, 0.2) is 30.3 Å². The Morgan fingerprint density at radius 1 is 1.10 bits per heavy atom. The Balaban J connectivity index is 2.20. The van der Waals surface area contributed by atoms with Crippen molar-refractivity contribution in [2.75, 3.05) is 19.5 Å². The third kappa shape index (κ3) is 3.71. The fraction of sp³-hybridized carbons (Fsp3) is 0.200. The van der Waals surface area contributed by atoms with Crippen LogP contribution < -0.4 is 14.8 Å². The minimum atomic E-state index is -0.369. The minimum Gasteiger partial charge on any atom is -0.493 e. The second kappa shape index (κ2) is 6.87. The van der Waals surface area contributed by atoms with Gasteiger partial charge >= 0.3 is 0 Å². The van der Waals surface area contributed by atoms with E-state index in [4.69, 9.17) is 32.7 Å². The molecular formula is C15H14Cl2FNO2.